The number of hydrogen-bond acceptors (Lipinski definition) is 12. The predicted octanol–water partition coefficient (Wildman–Crippen LogP) is 8.50. The largest absolute Gasteiger partial charge is 0.472 e. The molecule has 0 radical (unpaired) electrons. The van der Waals surface area contributed by atoms with Crippen molar-refractivity contribution in [3.05, 3.63) is 85.1 Å². The molecule has 0 bridgehead atoms. The minimum absolute atomic E-state index is 0.0500. The molecule has 0 heterocycles. The molecule has 1 rings (SSSR count). The van der Waals surface area contributed by atoms with E-state index in [1.165, 1.54) is 0 Å². The Morgan fingerprint density at radius 1 is 0.525 bits per heavy atom. The molecule has 8 atom stereocenters. The molecule has 348 valence electrons. The van der Waals surface area contributed by atoms with Gasteiger partial charge in [-0.1, -0.05) is 131 Å². The second kappa shape index (κ2) is 36.5. The number of rotatable bonds is 35. The van der Waals surface area contributed by atoms with Crippen LogP contribution < -0.4 is 0 Å². The lowest BCUT2D eigenvalue weighted by molar-refractivity contribution is -0.220. The van der Waals surface area contributed by atoms with Crippen molar-refractivity contribution in [3.63, 3.8) is 0 Å². The first-order chi connectivity index (χ1) is 29.4. The molecule has 0 aromatic rings. The average Bonchev–Trinajstić information content (AvgIpc) is 3.24. The highest BCUT2D eigenvalue weighted by molar-refractivity contribution is 7.47. The van der Waals surface area contributed by atoms with E-state index in [9.17, 15) is 44.6 Å². The Morgan fingerprint density at radius 3 is 1.44 bits per heavy atom. The normalized spacial score (nSPS) is 22.8. The average molecular weight is 881 g/mol. The highest BCUT2D eigenvalue weighted by Crippen LogP contribution is 2.47. The van der Waals surface area contributed by atoms with Gasteiger partial charge in [0.1, 0.15) is 43.2 Å². The highest BCUT2D eigenvalue weighted by atomic mass is 31.2. The maximum atomic E-state index is 12.8. The van der Waals surface area contributed by atoms with Crippen LogP contribution in [0.3, 0.4) is 0 Å². The van der Waals surface area contributed by atoms with E-state index in [0.29, 0.717) is 12.8 Å². The number of esters is 2. The van der Waals surface area contributed by atoms with Crippen LogP contribution in [0.5, 0.6) is 0 Å². The van der Waals surface area contributed by atoms with Crippen molar-refractivity contribution >= 4 is 19.8 Å². The molecule has 0 aromatic carbocycles. The molecule has 0 saturated heterocycles. The monoisotopic (exact) mass is 881 g/mol. The third kappa shape index (κ3) is 29.1. The fraction of sp³-hybridized carbons (Fsp3) is 0.660. The summed E-state index contributed by atoms with van der Waals surface area (Å²) in [6, 6.07) is 0. The Bertz CT molecular complexity index is 1390. The highest BCUT2D eigenvalue weighted by Gasteiger charge is 2.51. The molecule has 6 N–H and O–H groups in total. The molecular weight excluding hydrogens is 803 g/mol. The van der Waals surface area contributed by atoms with Crippen molar-refractivity contribution in [2.75, 3.05) is 13.2 Å². The molecule has 14 heteroatoms. The zero-order chi connectivity index (χ0) is 45.0. The van der Waals surface area contributed by atoms with Crippen LogP contribution in [0.1, 0.15) is 142 Å². The van der Waals surface area contributed by atoms with Gasteiger partial charge in [-0.25, -0.2) is 4.57 Å². The van der Waals surface area contributed by atoms with Crippen molar-refractivity contribution in [2.24, 2.45) is 0 Å². The summed E-state index contributed by atoms with van der Waals surface area (Å²) in [6.07, 6.45) is 33.5. The van der Waals surface area contributed by atoms with Gasteiger partial charge < -0.3 is 39.9 Å². The molecule has 0 amide bonds. The third-order valence-electron chi connectivity index (χ3n) is 9.70. The van der Waals surface area contributed by atoms with Crippen molar-refractivity contribution in [2.45, 2.75) is 185 Å². The van der Waals surface area contributed by atoms with Gasteiger partial charge >= 0.3 is 19.8 Å². The fourth-order valence-corrected chi connectivity index (χ4v) is 7.09. The van der Waals surface area contributed by atoms with Crippen molar-refractivity contribution in [3.8, 4) is 0 Å². The smallest absolute Gasteiger partial charge is 0.462 e. The van der Waals surface area contributed by atoms with Gasteiger partial charge in [-0.05, 0) is 83.5 Å². The zero-order valence-electron chi connectivity index (χ0n) is 36.7. The molecule has 1 fully saturated rings. The van der Waals surface area contributed by atoms with Crippen LogP contribution in [-0.4, -0.2) is 98.3 Å². The van der Waals surface area contributed by atoms with Crippen molar-refractivity contribution in [1.82, 2.24) is 0 Å². The lowest BCUT2D eigenvalue weighted by atomic mass is 9.85. The van der Waals surface area contributed by atoms with Gasteiger partial charge in [-0.15, -0.1) is 0 Å². The van der Waals surface area contributed by atoms with Gasteiger partial charge in [-0.3, -0.25) is 18.6 Å². The molecule has 0 spiro atoms. The van der Waals surface area contributed by atoms with Crippen LogP contribution >= 0.6 is 7.82 Å². The van der Waals surface area contributed by atoms with Gasteiger partial charge in [0.25, 0.3) is 0 Å². The van der Waals surface area contributed by atoms with Gasteiger partial charge in [-0.2, -0.15) is 0 Å². The number of aliphatic hydroxyl groups is 5. The van der Waals surface area contributed by atoms with Crippen LogP contribution in [0.15, 0.2) is 85.1 Å². The molecule has 61 heavy (non-hydrogen) atoms. The molecule has 0 aliphatic heterocycles. The summed E-state index contributed by atoms with van der Waals surface area (Å²) in [6.45, 7) is 3.06. The van der Waals surface area contributed by atoms with Gasteiger partial charge in [0, 0.05) is 12.8 Å². The molecule has 6 unspecified atom stereocenters. The minimum atomic E-state index is -5.14. The molecule has 13 nitrogen and oxygen atoms in total. The first-order valence-corrected chi connectivity index (χ1v) is 23.9. The van der Waals surface area contributed by atoms with E-state index in [1.807, 2.05) is 0 Å². The number of ether oxygens (including phenoxy) is 2. The number of carbonyl (C=O) groups is 2. The lowest BCUT2D eigenvalue weighted by Crippen LogP contribution is -2.64. The second-order valence-corrected chi connectivity index (χ2v) is 16.6. The first-order valence-electron chi connectivity index (χ1n) is 22.4. The van der Waals surface area contributed by atoms with E-state index in [1.54, 1.807) is 0 Å². The molecule has 1 aliphatic rings. The molecule has 0 aromatic heterocycles. The second-order valence-electron chi connectivity index (χ2n) is 15.2. The molecule has 1 aliphatic carbocycles. The van der Waals surface area contributed by atoms with Crippen molar-refractivity contribution in [1.29, 1.82) is 0 Å². The van der Waals surface area contributed by atoms with E-state index in [-0.39, 0.29) is 12.8 Å². The minimum Gasteiger partial charge on any atom is -0.462 e. The topological polar surface area (TPSA) is 210 Å². The lowest BCUT2D eigenvalue weighted by Gasteiger charge is -2.41. The summed E-state index contributed by atoms with van der Waals surface area (Å²) >= 11 is 0. The number of phosphoric ester groups is 1. The number of phosphoric acid groups is 1. The van der Waals surface area contributed by atoms with Crippen LogP contribution in [0, 0.1) is 0 Å². The number of carbonyl (C=O) groups excluding carboxylic acids is 2. The van der Waals surface area contributed by atoms with Crippen LogP contribution in [0.25, 0.3) is 0 Å². The van der Waals surface area contributed by atoms with E-state index in [4.69, 9.17) is 18.5 Å². The van der Waals surface area contributed by atoms with Crippen LogP contribution in [0.2, 0.25) is 0 Å². The standard InChI is InChI=1S/C47H77O13P/c1-3-5-7-9-11-13-15-17-19-20-22-24-26-28-30-32-34-36-41(49)59-39(38-58-61(55,56)60-47-45(53)43(51)42(50)44(52)46(47)54)37-57-40(48)35-33-31-29-27-25-23-21-18-16-14-12-10-8-6-4-2/h6-9,12-15,18-21,24,26,39,42-47,50-54H,3-5,10-11,16-17,22-23,25,27-38H2,1-2H3,(H,55,56)/b8-6+,9-7+,14-12+,15-13+,20-19+,21-18+,26-24+/t39-,42?,43+,44?,45?,46?,47?/m1/s1. The third-order valence-corrected chi connectivity index (χ3v) is 10.7. The number of aliphatic hydroxyl groups excluding tert-OH is 5. The van der Waals surface area contributed by atoms with E-state index >= 15 is 0 Å². The van der Waals surface area contributed by atoms with E-state index < -0.39 is 75.7 Å². The van der Waals surface area contributed by atoms with Crippen LogP contribution in [-0.2, 0) is 32.7 Å². The Hall–Kier alpha value is -2.97. The summed E-state index contributed by atoms with van der Waals surface area (Å²) < 4.78 is 33.5. The summed E-state index contributed by atoms with van der Waals surface area (Å²) in [7, 11) is -5.14. The molecular formula is C47H77O13P. The molecule has 1 saturated carbocycles. The summed E-state index contributed by atoms with van der Waals surface area (Å²) in [4.78, 5) is 35.7. The van der Waals surface area contributed by atoms with Gasteiger partial charge in [0.05, 0.1) is 6.61 Å². The number of allylic oxidation sites excluding steroid dienone is 14. The van der Waals surface area contributed by atoms with E-state index in [0.717, 1.165) is 103 Å². The quantitative estimate of drug-likeness (QED) is 0.0153. The zero-order valence-corrected chi connectivity index (χ0v) is 37.6. The Kier molecular flexibility index (Phi) is 33.5. The van der Waals surface area contributed by atoms with E-state index in [2.05, 4.69) is 98.9 Å². The Balaban J connectivity index is 2.52. The van der Waals surface area contributed by atoms with Crippen LogP contribution in [0.4, 0.5) is 0 Å². The van der Waals surface area contributed by atoms with Gasteiger partial charge in [0.2, 0.25) is 0 Å². The Morgan fingerprint density at radius 2 is 0.934 bits per heavy atom. The van der Waals surface area contributed by atoms with Gasteiger partial charge in [0.15, 0.2) is 6.10 Å². The number of unbranched alkanes of at least 4 members (excludes halogenated alkanes) is 9. The maximum Gasteiger partial charge on any atom is 0.472 e. The number of hydrogen-bond donors (Lipinski definition) is 6. The summed E-state index contributed by atoms with van der Waals surface area (Å²) in [5, 5.41) is 50.1. The SMILES string of the molecule is CC/C=C/C/C=C/C/C=C/CCCCCCCC(=O)OC[C@H](COP(=O)(O)OC1C(O)C(O)C(O)[C@H](O)C1O)OC(=O)CCCCC/C=C/C/C=C/C/C=C/C/C=C/CCC. The maximum absolute atomic E-state index is 12.8. The Labute approximate surface area is 365 Å². The first kappa shape index (κ1) is 56.0. The fourth-order valence-electron chi connectivity index (χ4n) is 6.11. The van der Waals surface area contributed by atoms with Crippen molar-refractivity contribution < 1.29 is 63.1 Å². The summed E-state index contributed by atoms with van der Waals surface area (Å²) in [5.41, 5.74) is 0. The predicted molar refractivity (Wildman–Crippen MR) is 239 cm³/mol. The summed E-state index contributed by atoms with van der Waals surface area (Å²) in [5.74, 6) is -1.17.